The molecule has 3 rings (SSSR count). The first-order valence-corrected chi connectivity index (χ1v) is 13.5. The van der Waals surface area contributed by atoms with Crippen LogP contribution in [-0.4, -0.2) is 6.16 Å². The van der Waals surface area contributed by atoms with Crippen LogP contribution < -0.4 is 47.3 Å². The van der Waals surface area contributed by atoms with Gasteiger partial charge in [0.2, 0.25) is 0 Å². The smallest absolute Gasteiger partial charge is 0.282 e. The van der Waals surface area contributed by atoms with Gasteiger partial charge in [0.15, 0.2) is 0 Å². The van der Waals surface area contributed by atoms with Gasteiger partial charge in [-0.3, -0.25) is 0 Å². The van der Waals surface area contributed by atoms with Gasteiger partial charge >= 0.3 is 0 Å². The Hall–Kier alpha value is -1.30. The molecule has 0 fully saturated rings. The minimum absolute atomic E-state index is 1.23. The van der Waals surface area contributed by atoms with Crippen LogP contribution in [0.15, 0.2) is 91.0 Å². The third-order valence-corrected chi connectivity index (χ3v) is 8.96. The molecule has 0 unspecified atom stereocenters. The molecule has 3 nitrogen and oxygen atoms in total. The molecule has 0 aliphatic rings. The fourth-order valence-electron chi connectivity index (χ4n) is 3.28. The number of hydrogen-bond donors (Lipinski definition) is 0. The maximum Gasteiger partial charge on any atom is 0.282 e. The molecule has 0 saturated carbocycles. The van der Waals surface area contributed by atoms with Gasteiger partial charge in [-0.15, -0.1) is 0 Å². The van der Waals surface area contributed by atoms with E-state index in [0.29, 0.717) is 0 Å². The summed E-state index contributed by atoms with van der Waals surface area (Å²) in [5.41, 5.74) is 0. The molecule has 5 heteroatoms. The van der Waals surface area contributed by atoms with Gasteiger partial charge in [0.25, 0.3) is 21.1 Å². The summed E-state index contributed by atoms with van der Waals surface area (Å²) in [5.74, 6) is 0. The van der Waals surface area contributed by atoms with Gasteiger partial charge in [0.1, 0.15) is 23.2 Å². The Bertz CT molecular complexity index is 668. The minimum Gasteiger partial charge on any atom is -0.427 e. The molecule has 0 N–H and O–H groups in total. The van der Waals surface area contributed by atoms with Crippen LogP contribution >= 0.6 is 7.26 Å². The second-order valence-electron chi connectivity index (χ2n) is 6.08. The summed E-state index contributed by atoms with van der Waals surface area (Å²) in [6.07, 6.45) is 3.72. The van der Waals surface area contributed by atoms with Crippen LogP contribution in [0.4, 0.5) is 0 Å². The lowest BCUT2D eigenvalue weighted by Crippen LogP contribution is -4.05. The van der Waals surface area contributed by atoms with Crippen molar-refractivity contribution in [2.45, 2.75) is 19.8 Å². The van der Waals surface area contributed by atoms with E-state index in [2.05, 4.69) is 97.9 Å². The van der Waals surface area contributed by atoms with E-state index in [1.165, 1.54) is 34.9 Å². The zero-order valence-corrected chi connectivity index (χ0v) is 18.4. The van der Waals surface area contributed by atoms with E-state index >= 15 is 0 Å². The van der Waals surface area contributed by atoms with E-state index in [1.54, 1.807) is 0 Å². The van der Waals surface area contributed by atoms with Crippen LogP contribution in [-0.2, 0) is 0 Å². The van der Waals surface area contributed by atoms with Crippen LogP contribution in [0.25, 0.3) is 0 Å². The van der Waals surface area contributed by atoms with Gasteiger partial charge in [-0.25, -0.2) is 0 Å². The lowest BCUT2D eigenvalue weighted by molar-refractivity contribution is -1.73. The van der Waals surface area contributed by atoms with Gasteiger partial charge in [-0.2, -0.15) is 0 Å². The molecule has 142 valence electrons. The van der Waals surface area contributed by atoms with Crippen molar-refractivity contribution in [3.63, 3.8) is 0 Å². The lowest BCUT2D eigenvalue weighted by Gasteiger charge is -2.27. The van der Waals surface area contributed by atoms with Crippen molar-refractivity contribution in [3.8, 4) is 0 Å². The van der Waals surface area contributed by atoms with E-state index in [4.69, 9.17) is 10.3 Å². The van der Waals surface area contributed by atoms with Gasteiger partial charge in [-0.1, -0.05) is 67.9 Å². The lowest BCUT2D eigenvalue weighted by atomic mass is 10.3. The zero-order chi connectivity index (χ0) is 19.5. The highest BCUT2D eigenvalue weighted by Gasteiger charge is 2.44. The molecule has 27 heavy (non-hydrogen) atoms. The highest BCUT2D eigenvalue weighted by molar-refractivity contribution is 7.95. The fraction of sp³-hybridized carbons (Fsp3) is 0.182. The predicted molar refractivity (Wildman–Crippen MR) is 105 cm³/mol. The maximum absolute atomic E-state index is 8.57. The van der Waals surface area contributed by atoms with Crippen molar-refractivity contribution in [2.75, 3.05) is 6.16 Å². The Morgan fingerprint density at radius 3 is 1.19 bits per heavy atom. The molecule has 0 spiro atoms. The molecule has 0 aliphatic carbocycles. The Morgan fingerprint density at radius 1 is 0.630 bits per heavy atom. The zero-order valence-electron chi connectivity index (χ0n) is 15.3. The van der Waals surface area contributed by atoms with Gasteiger partial charge < -0.3 is 10.3 Å². The molecular weight excluding hydrogens is 470 g/mol. The average Bonchev–Trinajstić information content (AvgIpc) is 2.71. The number of unbranched alkanes of at least 4 members (excludes halogenated alkanes) is 1. The first-order valence-electron chi connectivity index (χ1n) is 8.89. The van der Waals surface area contributed by atoms with Gasteiger partial charge in [0, 0.05) is 0 Å². The fourth-order valence-corrected chi connectivity index (χ4v) is 7.78. The van der Waals surface area contributed by atoms with Crippen LogP contribution in [0.2, 0.25) is 0 Å². The summed E-state index contributed by atoms with van der Waals surface area (Å²) in [7, 11) is -1.57. The number of rotatable bonds is 6. The SMILES string of the molecule is CCCC[P+](c1ccccc1)(c1ccccc1)c1ccccc1.[O-][I+2]([O-])[O-]. The molecule has 0 aliphatic heterocycles. The number of benzene rings is 3. The summed E-state index contributed by atoms with van der Waals surface area (Å²) in [6.45, 7) is 2.29. The standard InChI is InChI=1S/C22H24P.IO3/c1-2-3-19-23(20-13-7-4-8-14-20,21-15-9-5-10-16-21)22-17-11-6-12-18-22;2-1(3)4/h4-18H,2-3,19H2,1H3;/q+1;-1. The quantitative estimate of drug-likeness (QED) is 0.301. The second-order valence-corrected chi connectivity index (χ2v) is 10.8. The first-order chi connectivity index (χ1) is 13.1. The predicted octanol–water partition coefficient (Wildman–Crippen LogP) is -1.78. The van der Waals surface area contributed by atoms with E-state index in [-0.39, 0.29) is 0 Å². The molecule has 0 amide bonds. The summed E-state index contributed by atoms with van der Waals surface area (Å²) in [5, 5.41) is 4.47. The maximum atomic E-state index is 8.57. The molecule has 0 saturated heterocycles. The van der Waals surface area contributed by atoms with Crippen molar-refractivity contribution in [1.29, 1.82) is 0 Å². The highest BCUT2D eigenvalue weighted by atomic mass is 127. The minimum atomic E-state index is -4.01. The van der Waals surface area contributed by atoms with E-state index in [0.717, 1.165) is 0 Å². The second kappa shape index (κ2) is 11.5. The summed E-state index contributed by atoms with van der Waals surface area (Å²) >= 11 is -4.01. The van der Waals surface area contributed by atoms with Crippen LogP contribution in [0, 0.1) is 0 Å². The van der Waals surface area contributed by atoms with Crippen LogP contribution in [0.3, 0.4) is 0 Å². The van der Waals surface area contributed by atoms with E-state index < -0.39 is 28.3 Å². The Labute approximate surface area is 171 Å². The van der Waals surface area contributed by atoms with E-state index in [1.807, 2.05) is 0 Å². The molecule has 0 aromatic heterocycles. The van der Waals surface area contributed by atoms with Gasteiger partial charge in [0.05, 0.1) is 6.16 Å². The molecule has 3 aromatic rings. The Kier molecular flexibility index (Phi) is 9.39. The van der Waals surface area contributed by atoms with Crippen LogP contribution in [0.5, 0.6) is 0 Å². The summed E-state index contributed by atoms with van der Waals surface area (Å²) < 4.78 is 25.7. The Balaban J connectivity index is 0.000000596. The monoisotopic (exact) mass is 494 g/mol. The third kappa shape index (κ3) is 6.09. The summed E-state index contributed by atoms with van der Waals surface area (Å²) in [4.78, 5) is 0. The van der Waals surface area contributed by atoms with Crippen molar-refractivity contribution >= 4 is 23.2 Å². The largest absolute Gasteiger partial charge is 0.427 e. The summed E-state index contributed by atoms with van der Waals surface area (Å²) in [6, 6.07) is 33.4. The van der Waals surface area contributed by atoms with Crippen molar-refractivity contribution in [2.24, 2.45) is 0 Å². The van der Waals surface area contributed by atoms with Crippen molar-refractivity contribution in [1.82, 2.24) is 0 Å². The number of hydrogen-bond acceptors (Lipinski definition) is 3. The highest BCUT2D eigenvalue weighted by Crippen LogP contribution is 2.55. The van der Waals surface area contributed by atoms with Gasteiger partial charge in [-0.05, 0) is 42.8 Å². The molecule has 0 heterocycles. The molecule has 0 atom stereocenters. The average molecular weight is 494 g/mol. The normalized spacial score (nSPS) is 11.0. The molecule has 0 bridgehead atoms. The van der Waals surface area contributed by atoms with Crippen LogP contribution in [0.1, 0.15) is 19.8 Å². The first kappa shape index (κ1) is 22.0. The molecule has 3 aromatic carbocycles. The van der Waals surface area contributed by atoms with Crippen molar-refractivity contribution in [3.05, 3.63) is 91.0 Å². The Morgan fingerprint density at radius 2 is 0.926 bits per heavy atom. The van der Waals surface area contributed by atoms with E-state index in [9.17, 15) is 0 Å². The van der Waals surface area contributed by atoms with Crippen molar-refractivity contribution < 1.29 is 31.4 Å². The molecular formula is C22H24IO3P. The molecule has 0 radical (unpaired) electrons. The third-order valence-electron chi connectivity index (χ3n) is 4.44. The number of halogens is 1. The topological polar surface area (TPSA) is 69.2 Å².